The third kappa shape index (κ3) is 4.80. The molecule has 7 atom stereocenters. The summed E-state index contributed by atoms with van der Waals surface area (Å²) in [6.45, 7) is 21.8. The summed E-state index contributed by atoms with van der Waals surface area (Å²) < 4.78 is 0. The van der Waals surface area contributed by atoms with Gasteiger partial charge in [0.15, 0.2) is 0 Å². The van der Waals surface area contributed by atoms with Crippen LogP contribution < -0.4 is 5.32 Å². The van der Waals surface area contributed by atoms with E-state index < -0.39 is 0 Å². The van der Waals surface area contributed by atoms with Crippen LogP contribution in [0, 0.1) is 40.4 Å². The largest absolute Gasteiger partial charge is 0.369 e. The highest BCUT2D eigenvalue weighted by Gasteiger charge is 2.59. The van der Waals surface area contributed by atoms with E-state index in [-0.39, 0.29) is 0 Å². The van der Waals surface area contributed by atoms with Crippen molar-refractivity contribution in [2.45, 2.75) is 91.9 Å². The lowest BCUT2D eigenvalue weighted by Crippen LogP contribution is -2.53. The van der Waals surface area contributed by atoms with Crippen LogP contribution in [0.15, 0.2) is 29.4 Å². The van der Waals surface area contributed by atoms with E-state index in [2.05, 4.69) is 51.1 Å². The lowest BCUT2D eigenvalue weighted by Gasteiger charge is -2.60. The van der Waals surface area contributed by atoms with Gasteiger partial charge in [-0.15, -0.1) is 0 Å². The summed E-state index contributed by atoms with van der Waals surface area (Å²) in [7, 11) is 2.01. The van der Waals surface area contributed by atoms with Gasteiger partial charge in [-0.1, -0.05) is 45.4 Å². The number of nitrogens with zero attached hydrogens (tertiary/aromatic N) is 2. The predicted octanol–water partition coefficient (Wildman–Crippen LogP) is 7.11. The van der Waals surface area contributed by atoms with Crippen molar-refractivity contribution in [3.63, 3.8) is 0 Å². The van der Waals surface area contributed by atoms with E-state index in [1.54, 1.807) is 0 Å². The van der Waals surface area contributed by atoms with Gasteiger partial charge >= 0.3 is 0 Å². The van der Waals surface area contributed by atoms with Gasteiger partial charge in [0.05, 0.1) is 6.54 Å². The normalized spacial score (nSPS) is 39.7. The average molecular weight is 468 g/mol. The molecule has 4 fully saturated rings. The molecule has 0 aromatic carbocycles. The van der Waals surface area contributed by atoms with E-state index in [1.807, 2.05) is 7.05 Å². The fourth-order valence-electron chi connectivity index (χ4n) is 9.33. The molecule has 0 radical (unpaired) electrons. The molecule has 0 spiro atoms. The van der Waals surface area contributed by atoms with Crippen molar-refractivity contribution in [1.29, 1.82) is 0 Å². The highest BCUT2D eigenvalue weighted by Crippen LogP contribution is 2.67. The molecule has 0 heterocycles. The summed E-state index contributed by atoms with van der Waals surface area (Å²) in [6.07, 6.45) is 14.7. The lowest BCUT2D eigenvalue weighted by atomic mass is 9.45. The number of rotatable bonds is 9. The first kappa shape index (κ1) is 26.0. The Labute approximate surface area is 210 Å². The Hall–Kier alpha value is -1.09. The molecule has 0 aromatic rings. The maximum Gasteiger partial charge on any atom is 0.0781 e. The summed E-state index contributed by atoms with van der Waals surface area (Å²) in [6, 6.07) is 0. The Kier molecular flexibility index (Phi) is 8.02. The minimum atomic E-state index is 0.456. The third-order valence-corrected chi connectivity index (χ3v) is 11.1. The molecule has 1 N–H and O–H groups in total. The fraction of sp³-hybridized carbons (Fsp3) is 0.839. The molecular weight excluding hydrogens is 414 g/mol. The topological polar surface area (TPSA) is 27.6 Å². The molecule has 3 heteroatoms. The Morgan fingerprint density at radius 1 is 0.941 bits per heavy atom. The van der Waals surface area contributed by atoms with Crippen molar-refractivity contribution >= 4 is 5.71 Å². The van der Waals surface area contributed by atoms with Crippen LogP contribution in [-0.2, 0) is 0 Å². The number of likely N-dealkylation sites (N-methyl/N-ethyl adjacent to an activating group) is 1. The molecule has 0 aromatic heterocycles. The van der Waals surface area contributed by atoms with Gasteiger partial charge in [0.2, 0.25) is 0 Å². The van der Waals surface area contributed by atoms with Crippen LogP contribution in [0.1, 0.15) is 91.9 Å². The van der Waals surface area contributed by atoms with Gasteiger partial charge in [-0.2, -0.15) is 0 Å². The molecule has 0 aliphatic heterocycles. The Morgan fingerprint density at radius 2 is 1.71 bits per heavy atom. The zero-order valence-corrected chi connectivity index (χ0v) is 23.1. The standard InChI is InChI=1S/C31H53N3/c1-22(2)21-34(19-18-32-7)23(3)20-33-24(4)27-13-14-28-26-12-11-25-10-8-9-16-30(25,5)29(26)15-17-31(27,28)6/h25-29,32H,1,3,8-21H2,2,4-7H3/b33-24+. The quantitative estimate of drug-likeness (QED) is 0.289. The number of nitrogens with one attached hydrogen (secondary N) is 1. The van der Waals surface area contributed by atoms with Gasteiger partial charge < -0.3 is 10.2 Å². The van der Waals surface area contributed by atoms with Crippen LogP contribution in [0.3, 0.4) is 0 Å². The number of hydrogen-bond acceptors (Lipinski definition) is 3. The van der Waals surface area contributed by atoms with Gasteiger partial charge in [-0.05, 0) is 107 Å². The molecular formula is C31H53N3. The summed E-state index contributed by atoms with van der Waals surface area (Å²) in [5.74, 6) is 4.56. The van der Waals surface area contributed by atoms with Crippen molar-refractivity contribution in [3.05, 3.63) is 24.4 Å². The maximum absolute atomic E-state index is 5.19. The van der Waals surface area contributed by atoms with Crippen molar-refractivity contribution in [2.24, 2.45) is 45.4 Å². The highest BCUT2D eigenvalue weighted by molar-refractivity contribution is 5.85. The Morgan fingerprint density at radius 3 is 2.44 bits per heavy atom. The summed E-state index contributed by atoms with van der Waals surface area (Å²) in [5, 5.41) is 3.27. The molecule has 192 valence electrons. The van der Waals surface area contributed by atoms with E-state index in [4.69, 9.17) is 4.99 Å². The minimum Gasteiger partial charge on any atom is -0.369 e. The van der Waals surface area contributed by atoms with E-state index in [9.17, 15) is 0 Å². The molecule has 0 saturated heterocycles. The van der Waals surface area contributed by atoms with Gasteiger partial charge in [0.1, 0.15) is 0 Å². The molecule has 7 unspecified atom stereocenters. The first-order valence-corrected chi connectivity index (χ1v) is 14.4. The van der Waals surface area contributed by atoms with E-state index in [1.165, 1.54) is 75.5 Å². The Bertz CT molecular complexity index is 784. The second-order valence-electron chi connectivity index (χ2n) is 13.1. The van der Waals surface area contributed by atoms with Crippen LogP contribution in [0.25, 0.3) is 0 Å². The van der Waals surface area contributed by atoms with Crippen LogP contribution in [0.4, 0.5) is 0 Å². The summed E-state index contributed by atoms with van der Waals surface area (Å²) in [5.41, 5.74) is 4.80. The molecule has 0 bridgehead atoms. The second kappa shape index (κ2) is 10.5. The van der Waals surface area contributed by atoms with Crippen molar-refractivity contribution in [2.75, 3.05) is 33.2 Å². The van der Waals surface area contributed by atoms with Crippen LogP contribution in [0.5, 0.6) is 0 Å². The molecule has 4 saturated carbocycles. The first-order chi connectivity index (χ1) is 16.2. The maximum atomic E-state index is 5.19. The second-order valence-corrected chi connectivity index (χ2v) is 13.1. The molecule has 34 heavy (non-hydrogen) atoms. The number of fused-ring (bicyclic) bond motifs is 5. The molecule has 3 nitrogen and oxygen atoms in total. The van der Waals surface area contributed by atoms with Crippen LogP contribution >= 0.6 is 0 Å². The SMILES string of the molecule is C=C(C)CN(CCNC)C(=C)C/N=C(\C)C1CCC2C3CCC4CCCCC4(C)C3CCC12C. The molecule has 4 aliphatic rings. The molecule has 0 amide bonds. The smallest absolute Gasteiger partial charge is 0.0781 e. The predicted molar refractivity (Wildman–Crippen MR) is 147 cm³/mol. The highest BCUT2D eigenvalue weighted by atomic mass is 15.2. The zero-order valence-electron chi connectivity index (χ0n) is 23.1. The minimum absolute atomic E-state index is 0.456. The van der Waals surface area contributed by atoms with Crippen LogP contribution in [-0.4, -0.2) is 43.8 Å². The van der Waals surface area contributed by atoms with Crippen molar-refractivity contribution in [1.82, 2.24) is 10.2 Å². The lowest BCUT2D eigenvalue weighted by molar-refractivity contribution is -0.106. The summed E-state index contributed by atoms with van der Waals surface area (Å²) in [4.78, 5) is 7.54. The zero-order chi connectivity index (χ0) is 24.5. The third-order valence-electron chi connectivity index (χ3n) is 11.1. The number of aliphatic imine (C=N–C) groups is 1. The Balaban J connectivity index is 1.44. The van der Waals surface area contributed by atoms with Gasteiger partial charge in [0.25, 0.3) is 0 Å². The van der Waals surface area contributed by atoms with Gasteiger partial charge in [-0.25, -0.2) is 0 Å². The first-order valence-electron chi connectivity index (χ1n) is 14.4. The van der Waals surface area contributed by atoms with E-state index in [0.29, 0.717) is 16.7 Å². The molecule has 4 rings (SSSR count). The van der Waals surface area contributed by atoms with Crippen molar-refractivity contribution in [3.8, 4) is 0 Å². The van der Waals surface area contributed by atoms with E-state index >= 15 is 0 Å². The van der Waals surface area contributed by atoms with E-state index in [0.717, 1.165) is 55.5 Å². The average Bonchev–Trinajstić information content (AvgIpc) is 3.16. The van der Waals surface area contributed by atoms with Crippen LogP contribution in [0.2, 0.25) is 0 Å². The number of hydrogen-bond donors (Lipinski definition) is 1. The monoisotopic (exact) mass is 467 g/mol. The van der Waals surface area contributed by atoms with Gasteiger partial charge in [-0.3, -0.25) is 4.99 Å². The van der Waals surface area contributed by atoms with Crippen molar-refractivity contribution < 1.29 is 0 Å². The summed E-state index contributed by atoms with van der Waals surface area (Å²) >= 11 is 0. The van der Waals surface area contributed by atoms with Gasteiger partial charge in [0, 0.05) is 37.0 Å². The fourth-order valence-corrected chi connectivity index (χ4v) is 9.33. The molecule has 4 aliphatic carbocycles.